The third kappa shape index (κ3) is 5.70. The van der Waals surface area contributed by atoms with Crippen LogP contribution < -0.4 is 0 Å². The molecule has 1 fully saturated rings. The van der Waals surface area contributed by atoms with Gasteiger partial charge in [0.15, 0.2) is 6.29 Å². The summed E-state index contributed by atoms with van der Waals surface area (Å²) in [5, 5.41) is 18.7. The van der Waals surface area contributed by atoms with Crippen LogP contribution >= 0.6 is 0 Å². The molecule has 1 saturated heterocycles. The van der Waals surface area contributed by atoms with Gasteiger partial charge in [0.2, 0.25) is 0 Å². The summed E-state index contributed by atoms with van der Waals surface area (Å²) < 4.78 is 12.3. The highest BCUT2D eigenvalue weighted by atomic mass is 16.7. The third-order valence-corrected chi connectivity index (χ3v) is 5.46. The van der Waals surface area contributed by atoms with Gasteiger partial charge in [0.25, 0.3) is 0 Å². The molecule has 1 aromatic rings. The van der Waals surface area contributed by atoms with E-state index in [-0.39, 0.29) is 41.7 Å². The molecule has 3 atom stereocenters. The van der Waals surface area contributed by atoms with Gasteiger partial charge in [0, 0.05) is 18.6 Å². The summed E-state index contributed by atoms with van der Waals surface area (Å²) in [6.45, 7) is 11.3. The average molecular weight is 350 g/mol. The molecule has 2 rings (SSSR count). The summed E-state index contributed by atoms with van der Waals surface area (Å²) in [7, 11) is 0. The molecule has 142 valence electrons. The monoisotopic (exact) mass is 350 g/mol. The van der Waals surface area contributed by atoms with Crippen LogP contribution in [0.1, 0.15) is 72.2 Å². The van der Waals surface area contributed by atoms with E-state index in [1.54, 1.807) is 12.1 Å². The first-order chi connectivity index (χ1) is 11.6. The van der Waals surface area contributed by atoms with Gasteiger partial charge in [-0.1, -0.05) is 39.8 Å². The molecule has 1 heterocycles. The first-order valence-electron chi connectivity index (χ1n) is 9.34. The fourth-order valence-corrected chi connectivity index (χ4v) is 3.35. The minimum absolute atomic E-state index is 0.0277. The van der Waals surface area contributed by atoms with Gasteiger partial charge in [-0.2, -0.15) is 0 Å². The molecule has 4 heteroatoms. The lowest BCUT2D eigenvalue weighted by atomic mass is 9.73. The molecule has 0 amide bonds. The molecule has 3 unspecified atom stereocenters. The molecule has 1 aliphatic rings. The fraction of sp³-hybridized carbons (Fsp3) is 0.714. The zero-order valence-corrected chi connectivity index (χ0v) is 16.3. The fourth-order valence-electron chi connectivity index (χ4n) is 3.35. The number of phenolic OH excluding ortho intramolecular Hbond substituents is 1. The largest absolute Gasteiger partial charge is 0.508 e. The number of hydrogen-bond acceptors (Lipinski definition) is 4. The molecular formula is C21H34O4. The predicted molar refractivity (Wildman–Crippen MR) is 99.4 cm³/mol. The van der Waals surface area contributed by atoms with E-state index in [4.69, 9.17) is 9.47 Å². The van der Waals surface area contributed by atoms with Crippen molar-refractivity contribution in [1.29, 1.82) is 0 Å². The summed E-state index contributed by atoms with van der Waals surface area (Å²) >= 11 is 0. The molecule has 25 heavy (non-hydrogen) atoms. The normalized spacial score (nSPS) is 25.1. The molecule has 0 aromatic heterocycles. The number of benzene rings is 1. The van der Waals surface area contributed by atoms with Crippen molar-refractivity contribution >= 4 is 0 Å². The van der Waals surface area contributed by atoms with Crippen molar-refractivity contribution in [1.82, 2.24) is 0 Å². The lowest BCUT2D eigenvalue weighted by Gasteiger charge is -2.43. The third-order valence-electron chi connectivity index (χ3n) is 5.46. The first kappa shape index (κ1) is 20.2. The van der Waals surface area contributed by atoms with Crippen molar-refractivity contribution < 1.29 is 19.7 Å². The van der Waals surface area contributed by atoms with Gasteiger partial charge in [0.1, 0.15) is 5.75 Å². The minimum Gasteiger partial charge on any atom is -0.508 e. The SMILES string of the molecule is CC1CC(C(C)(C)CCC(C)(C)CCO)OC(c2ccc(O)cc2)O1. The number of phenols is 1. The van der Waals surface area contributed by atoms with E-state index in [9.17, 15) is 10.2 Å². The Morgan fingerprint density at radius 3 is 2.24 bits per heavy atom. The van der Waals surface area contributed by atoms with Gasteiger partial charge in [-0.05, 0) is 49.1 Å². The number of rotatable bonds is 7. The molecule has 0 spiro atoms. The highest BCUT2D eigenvalue weighted by Crippen LogP contribution is 2.42. The molecule has 1 aromatic carbocycles. The van der Waals surface area contributed by atoms with E-state index in [0.29, 0.717) is 0 Å². The van der Waals surface area contributed by atoms with Crippen LogP contribution in [0.4, 0.5) is 0 Å². The Morgan fingerprint density at radius 1 is 1.00 bits per heavy atom. The zero-order valence-electron chi connectivity index (χ0n) is 16.3. The summed E-state index contributed by atoms with van der Waals surface area (Å²) in [6.07, 6.45) is 3.65. The molecule has 0 aliphatic carbocycles. The number of hydrogen-bond donors (Lipinski definition) is 2. The molecule has 0 saturated carbocycles. The summed E-state index contributed by atoms with van der Waals surface area (Å²) in [4.78, 5) is 0. The maximum absolute atomic E-state index is 9.48. The standard InChI is InChI=1S/C21H34O4/c1-15-14-18(21(4,5)11-10-20(2,3)12-13-22)25-19(24-15)16-6-8-17(23)9-7-16/h6-9,15,18-19,22-23H,10-14H2,1-5H3. The topological polar surface area (TPSA) is 58.9 Å². The van der Waals surface area contributed by atoms with Gasteiger partial charge in [-0.25, -0.2) is 0 Å². The van der Waals surface area contributed by atoms with Crippen molar-refractivity contribution in [3.8, 4) is 5.75 Å². The van der Waals surface area contributed by atoms with Crippen LogP contribution in [0.25, 0.3) is 0 Å². The van der Waals surface area contributed by atoms with Crippen molar-refractivity contribution in [2.75, 3.05) is 6.61 Å². The summed E-state index contributed by atoms with van der Waals surface area (Å²) in [5.41, 5.74) is 1.10. The number of aliphatic hydroxyl groups is 1. The zero-order chi connectivity index (χ0) is 18.7. The number of aliphatic hydroxyl groups excluding tert-OH is 1. The van der Waals surface area contributed by atoms with Crippen LogP contribution in [0.5, 0.6) is 5.75 Å². The van der Waals surface area contributed by atoms with E-state index < -0.39 is 0 Å². The maximum Gasteiger partial charge on any atom is 0.184 e. The van der Waals surface area contributed by atoms with E-state index in [1.165, 1.54) is 0 Å². The Kier molecular flexibility index (Phi) is 6.52. The van der Waals surface area contributed by atoms with Crippen molar-refractivity contribution in [2.45, 2.75) is 78.8 Å². The Bertz CT molecular complexity index is 535. The van der Waals surface area contributed by atoms with Crippen molar-refractivity contribution in [3.63, 3.8) is 0 Å². The Balaban J connectivity index is 2.05. The average Bonchev–Trinajstić information content (AvgIpc) is 2.53. The molecule has 2 N–H and O–H groups in total. The van der Waals surface area contributed by atoms with Crippen molar-refractivity contribution in [3.05, 3.63) is 29.8 Å². The number of ether oxygens (including phenoxy) is 2. The molecule has 4 nitrogen and oxygen atoms in total. The number of aromatic hydroxyl groups is 1. The summed E-state index contributed by atoms with van der Waals surface area (Å²) in [6, 6.07) is 7.04. The van der Waals surface area contributed by atoms with Crippen LogP contribution in [-0.4, -0.2) is 29.0 Å². The van der Waals surface area contributed by atoms with E-state index in [2.05, 4.69) is 34.6 Å². The van der Waals surface area contributed by atoms with Gasteiger partial charge < -0.3 is 19.7 Å². The first-order valence-corrected chi connectivity index (χ1v) is 9.34. The predicted octanol–water partition coefficient (Wildman–Crippen LogP) is 4.80. The Hall–Kier alpha value is -1.10. The van der Waals surface area contributed by atoms with Gasteiger partial charge in [-0.15, -0.1) is 0 Å². The van der Waals surface area contributed by atoms with Crippen molar-refractivity contribution in [2.24, 2.45) is 10.8 Å². The van der Waals surface area contributed by atoms with Crippen LogP contribution in [0.15, 0.2) is 24.3 Å². The molecule has 1 aliphatic heterocycles. The highest BCUT2D eigenvalue weighted by Gasteiger charge is 2.39. The minimum atomic E-state index is -0.390. The molecular weight excluding hydrogens is 316 g/mol. The second-order valence-electron chi connectivity index (χ2n) is 8.86. The lowest BCUT2D eigenvalue weighted by Crippen LogP contribution is -2.41. The lowest BCUT2D eigenvalue weighted by molar-refractivity contribution is -0.265. The molecule has 0 radical (unpaired) electrons. The van der Waals surface area contributed by atoms with E-state index >= 15 is 0 Å². The Labute approximate surface area is 152 Å². The highest BCUT2D eigenvalue weighted by molar-refractivity contribution is 5.26. The maximum atomic E-state index is 9.48. The van der Waals surface area contributed by atoms with Gasteiger partial charge >= 0.3 is 0 Å². The Morgan fingerprint density at radius 2 is 1.64 bits per heavy atom. The van der Waals surface area contributed by atoms with Crippen LogP contribution in [0.2, 0.25) is 0 Å². The second kappa shape index (κ2) is 8.07. The van der Waals surface area contributed by atoms with Crippen LogP contribution in [0, 0.1) is 10.8 Å². The van der Waals surface area contributed by atoms with Crippen LogP contribution in [-0.2, 0) is 9.47 Å². The quantitative estimate of drug-likeness (QED) is 0.741. The van der Waals surface area contributed by atoms with Gasteiger partial charge in [0.05, 0.1) is 12.2 Å². The molecule has 0 bridgehead atoms. The van der Waals surface area contributed by atoms with E-state index in [1.807, 2.05) is 12.1 Å². The summed E-state index contributed by atoms with van der Waals surface area (Å²) in [5.74, 6) is 0.246. The van der Waals surface area contributed by atoms with Crippen LogP contribution in [0.3, 0.4) is 0 Å². The second-order valence-corrected chi connectivity index (χ2v) is 8.86. The van der Waals surface area contributed by atoms with Gasteiger partial charge in [-0.3, -0.25) is 0 Å². The smallest absolute Gasteiger partial charge is 0.184 e. The van der Waals surface area contributed by atoms with E-state index in [0.717, 1.165) is 31.2 Å².